The van der Waals surface area contributed by atoms with Gasteiger partial charge >= 0.3 is 5.97 Å². The van der Waals surface area contributed by atoms with Crippen molar-refractivity contribution < 1.29 is 24.2 Å². The highest BCUT2D eigenvalue weighted by atomic mass is 32.2. The lowest BCUT2D eigenvalue weighted by molar-refractivity contribution is -0.155. The number of esters is 1. The van der Waals surface area contributed by atoms with E-state index in [1.54, 1.807) is 11.8 Å². The molecule has 3 unspecified atom stereocenters. The fraction of sp³-hybridized carbons (Fsp3) is 0.727. The van der Waals surface area contributed by atoms with E-state index in [0.717, 1.165) is 5.75 Å². The van der Waals surface area contributed by atoms with Crippen LogP contribution in [0.5, 0.6) is 0 Å². The van der Waals surface area contributed by atoms with Crippen molar-refractivity contribution in [3.63, 3.8) is 0 Å². The third-order valence-corrected chi connectivity index (χ3v) is 4.16. The van der Waals surface area contributed by atoms with Gasteiger partial charge in [0.15, 0.2) is 0 Å². The first kappa shape index (κ1) is 15.1. The zero-order valence-electron chi connectivity index (χ0n) is 10.8. The maximum Gasteiger partial charge on any atom is 0.310 e. The minimum atomic E-state index is -1.33. The van der Waals surface area contributed by atoms with E-state index in [1.165, 1.54) is 4.90 Å². The van der Waals surface area contributed by atoms with Gasteiger partial charge in [0, 0.05) is 18.1 Å². The molecule has 2 heterocycles. The quantitative estimate of drug-likeness (QED) is 0.498. The number of carbonyl (C=O) groups excluding carboxylic acids is 3. The summed E-state index contributed by atoms with van der Waals surface area (Å²) in [6, 6.07) is -1.36. The van der Waals surface area contributed by atoms with Crippen LogP contribution in [0.2, 0.25) is 0 Å². The van der Waals surface area contributed by atoms with Crippen molar-refractivity contribution in [3.8, 4) is 0 Å². The second-order valence-corrected chi connectivity index (χ2v) is 5.85. The van der Waals surface area contributed by atoms with Crippen LogP contribution in [-0.4, -0.2) is 70.8 Å². The molecule has 0 aromatic carbocycles. The third kappa shape index (κ3) is 3.62. The van der Waals surface area contributed by atoms with Crippen LogP contribution in [0, 0.1) is 0 Å². The van der Waals surface area contributed by atoms with Crippen molar-refractivity contribution >= 4 is 29.5 Å². The smallest absolute Gasteiger partial charge is 0.310 e. The van der Waals surface area contributed by atoms with Crippen molar-refractivity contribution in [2.45, 2.75) is 24.8 Å². The largest absolute Gasteiger partial charge is 0.434 e. The third-order valence-electron chi connectivity index (χ3n) is 3.10. The summed E-state index contributed by atoms with van der Waals surface area (Å²) in [7, 11) is 0. The Morgan fingerprint density at radius 3 is 2.95 bits per heavy atom. The normalized spacial score (nSPS) is 30.9. The Balaban J connectivity index is 1.87. The van der Waals surface area contributed by atoms with E-state index in [9.17, 15) is 19.5 Å². The minimum absolute atomic E-state index is 0.0732. The van der Waals surface area contributed by atoms with Gasteiger partial charge in [-0.1, -0.05) is 0 Å². The predicted octanol–water partition coefficient (Wildman–Crippen LogP) is -2.36. The van der Waals surface area contributed by atoms with Crippen molar-refractivity contribution in [2.75, 3.05) is 24.6 Å². The van der Waals surface area contributed by atoms with Crippen LogP contribution < -0.4 is 11.1 Å². The fourth-order valence-electron chi connectivity index (χ4n) is 2.05. The molecule has 4 N–H and O–H groups in total. The van der Waals surface area contributed by atoms with Crippen LogP contribution in [0.25, 0.3) is 0 Å². The van der Waals surface area contributed by atoms with Gasteiger partial charge in [-0.2, -0.15) is 11.8 Å². The fourth-order valence-corrected chi connectivity index (χ4v) is 2.96. The van der Waals surface area contributed by atoms with Crippen molar-refractivity contribution in [2.24, 2.45) is 5.73 Å². The molecule has 0 spiro atoms. The lowest BCUT2D eigenvalue weighted by Gasteiger charge is -2.23. The summed E-state index contributed by atoms with van der Waals surface area (Å²) in [5.74, 6) is -0.00241. The molecule has 2 aliphatic heterocycles. The number of hydrogen-bond donors (Lipinski definition) is 3. The van der Waals surface area contributed by atoms with E-state index in [4.69, 9.17) is 5.73 Å². The van der Waals surface area contributed by atoms with E-state index in [-0.39, 0.29) is 18.9 Å². The summed E-state index contributed by atoms with van der Waals surface area (Å²) in [5, 5.41) is 11.9. The number of amides is 2. The van der Waals surface area contributed by atoms with Gasteiger partial charge in [0.25, 0.3) is 0 Å². The Labute approximate surface area is 120 Å². The molecule has 2 rings (SSSR count). The average molecular weight is 303 g/mol. The number of aliphatic hydroxyl groups excluding tert-OH is 1. The average Bonchev–Trinajstić information content (AvgIpc) is 2.61. The molecule has 112 valence electrons. The zero-order valence-corrected chi connectivity index (χ0v) is 11.6. The molecule has 20 heavy (non-hydrogen) atoms. The number of nitrogens with one attached hydrogen (secondary N) is 1. The zero-order chi connectivity index (χ0) is 14.7. The van der Waals surface area contributed by atoms with Crippen LogP contribution in [0.4, 0.5) is 0 Å². The van der Waals surface area contributed by atoms with E-state index >= 15 is 0 Å². The first-order valence-electron chi connectivity index (χ1n) is 6.26. The molecular formula is C11H17N3O5S. The van der Waals surface area contributed by atoms with Crippen LogP contribution in [-0.2, 0) is 19.1 Å². The Morgan fingerprint density at radius 1 is 1.55 bits per heavy atom. The predicted molar refractivity (Wildman–Crippen MR) is 70.5 cm³/mol. The van der Waals surface area contributed by atoms with Crippen molar-refractivity contribution in [1.29, 1.82) is 0 Å². The first-order valence-corrected chi connectivity index (χ1v) is 7.42. The molecule has 2 fully saturated rings. The summed E-state index contributed by atoms with van der Waals surface area (Å²) in [4.78, 5) is 36.1. The van der Waals surface area contributed by atoms with Crippen LogP contribution in [0.15, 0.2) is 0 Å². The summed E-state index contributed by atoms with van der Waals surface area (Å²) in [5.41, 5.74) is 5.70. The molecule has 2 amide bonds. The van der Waals surface area contributed by atoms with E-state index in [1.807, 2.05) is 0 Å². The number of thioether (sulfide) groups is 1. The van der Waals surface area contributed by atoms with E-state index in [2.05, 4.69) is 10.1 Å². The Hall–Kier alpha value is -1.32. The number of carbonyl (C=O) groups is 3. The van der Waals surface area contributed by atoms with Crippen LogP contribution >= 0.6 is 11.8 Å². The molecule has 0 radical (unpaired) electrons. The Bertz CT molecular complexity index is 419. The summed E-state index contributed by atoms with van der Waals surface area (Å²) in [6.45, 7) is 0.317. The number of cyclic esters (lactones) is 1. The molecule has 0 saturated carbocycles. The molecule has 2 aliphatic rings. The van der Waals surface area contributed by atoms with Gasteiger partial charge in [-0.05, 0) is 0 Å². The number of aliphatic hydroxyl groups is 1. The minimum Gasteiger partial charge on any atom is -0.434 e. The highest BCUT2D eigenvalue weighted by Gasteiger charge is 2.35. The maximum atomic E-state index is 11.9. The Morgan fingerprint density at radius 2 is 2.30 bits per heavy atom. The van der Waals surface area contributed by atoms with Gasteiger partial charge in [-0.3, -0.25) is 14.4 Å². The second-order valence-electron chi connectivity index (χ2n) is 4.70. The van der Waals surface area contributed by atoms with Gasteiger partial charge < -0.3 is 25.8 Å². The van der Waals surface area contributed by atoms with Crippen LogP contribution in [0.1, 0.15) is 6.42 Å². The molecule has 8 nitrogen and oxygen atoms in total. The van der Waals surface area contributed by atoms with E-state index < -0.39 is 30.3 Å². The van der Waals surface area contributed by atoms with Crippen molar-refractivity contribution in [1.82, 2.24) is 10.2 Å². The summed E-state index contributed by atoms with van der Waals surface area (Å²) >= 11 is 1.57. The van der Waals surface area contributed by atoms with Gasteiger partial charge in [0.1, 0.15) is 6.04 Å². The van der Waals surface area contributed by atoms with Crippen LogP contribution in [0.3, 0.4) is 0 Å². The standard InChI is InChI=1S/C11H17N3O5S/c12-6-5-20-2-1-14(10(6)17)4-8(15)13-7-3-9(16)19-11(7)18/h6-7,11,18H,1-5,12H2,(H,13,15). The number of ether oxygens (including phenoxy) is 1. The highest BCUT2D eigenvalue weighted by molar-refractivity contribution is 7.99. The number of hydrogen-bond acceptors (Lipinski definition) is 7. The van der Waals surface area contributed by atoms with Gasteiger partial charge in [0.05, 0.1) is 19.0 Å². The molecule has 0 aliphatic carbocycles. The molecule has 3 atom stereocenters. The highest BCUT2D eigenvalue weighted by Crippen LogP contribution is 2.13. The van der Waals surface area contributed by atoms with E-state index in [0.29, 0.717) is 12.3 Å². The summed E-state index contributed by atoms with van der Waals surface area (Å²) < 4.78 is 4.52. The lowest BCUT2D eigenvalue weighted by Crippen LogP contribution is -2.50. The Kier molecular flexibility index (Phi) is 4.84. The lowest BCUT2D eigenvalue weighted by atomic mass is 10.2. The van der Waals surface area contributed by atoms with Gasteiger partial charge in [-0.25, -0.2) is 0 Å². The molecule has 2 saturated heterocycles. The monoisotopic (exact) mass is 303 g/mol. The SMILES string of the molecule is NC1CSCCN(CC(=O)NC2CC(=O)OC2O)C1=O. The molecule has 0 bridgehead atoms. The van der Waals surface area contributed by atoms with Gasteiger partial charge in [-0.15, -0.1) is 0 Å². The number of nitrogens with zero attached hydrogens (tertiary/aromatic N) is 1. The molecule has 9 heteroatoms. The second kappa shape index (κ2) is 6.42. The summed E-state index contributed by atoms with van der Waals surface area (Å²) in [6.07, 6.45) is -1.40. The number of nitrogens with two attached hydrogens (primary N) is 1. The van der Waals surface area contributed by atoms with Gasteiger partial charge in [0.2, 0.25) is 18.1 Å². The van der Waals surface area contributed by atoms with Crippen molar-refractivity contribution in [3.05, 3.63) is 0 Å². The topological polar surface area (TPSA) is 122 Å². The number of rotatable bonds is 3. The molecule has 0 aromatic heterocycles. The molecule has 0 aromatic rings. The molecular weight excluding hydrogens is 286 g/mol. The maximum absolute atomic E-state index is 11.9. The first-order chi connectivity index (χ1) is 9.47.